The summed E-state index contributed by atoms with van der Waals surface area (Å²) in [5.41, 5.74) is 2.57. The van der Waals surface area contributed by atoms with Gasteiger partial charge in [-0.25, -0.2) is 4.98 Å². The zero-order valence-electron chi connectivity index (χ0n) is 13.6. The van der Waals surface area contributed by atoms with Gasteiger partial charge in [-0.15, -0.1) is 11.3 Å². The minimum absolute atomic E-state index is 0.0611. The summed E-state index contributed by atoms with van der Waals surface area (Å²) in [7, 11) is 0. The van der Waals surface area contributed by atoms with Crippen LogP contribution in [0.1, 0.15) is 9.80 Å². The van der Waals surface area contributed by atoms with Crippen molar-refractivity contribution in [1.29, 1.82) is 0 Å². The number of hydrogen-bond acceptors (Lipinski definition) is 4. The van der Waals surface area contributed by atoms with Gasteiger partial charge in [0.1, 0.15) is 6.54 Å². The summed E-state index contributed by atoms with van der Waals surface area (Å²) < 4.78 is 0. The molecule has 0 bridgehead atoms. The average molecular weight is 384 g/mol. The minimum atomic E-state index is -0.251. The van der Waals surface area contributed by atoms with Gasteiger partial charge in [-0.3, -0.25) is 9.59 Å². The maximum Gasteiger partial charge on any atom is 0.284 e. The topological polar surface area (TPSA) is 62.3 Å². The summed E-state index contributed by atoms with van der Waals surface area (Å²) in [4.78, 5) is 31.1. The zero-order chi connectivity index (χ0) is 18.1. The van der Waals surface area contributed by atoms with Crippen molar-refractivity contribution in [3.8, 4) is 21.7 Å². The monoisotopic (exact) mass is 383 g/mol. The molecular formula is C19H14ClN3O2S. The highest BCUT2D eigenvalue weighted by molar-refractivity contribution is 7.17. The van der Waals surface area contributed by atoms with Crippen LogP contribution in [-0.4, -0.2) is 34.9 Å². The molecule has 2 heterocycles. The molecule has 26 heavy (non-hydrogen) atoms. The number of carbonyl (C=O) groups excluding carboxylic acids is 2. The summed E-state index contributed by atoms with van der Waals surface area (Å²) in [6, 6.07) is 17.2. The lowest BCUT2D eigenvalue weighted by molar-refractivity contribution is -0.118. The third-order valence-corrected chi connectivity index (χ3v) is 5.36. The predicted molar refractivity (Wildman–Crippen MR) is 102 cm³/mol. The van der Waals surface area contributed by atoms with E-state index in [1.54, 1.807) is 0 Å². The van der Waals surface area contributed by atoms with Gasteiger partial charge < -0.3 is 10.2 Å². The van der Waals surface area contributed by atoms with Crippen LogP contribution < -0.4 is 5.32 Å². The molecule has 3 aromatic rings. The fourth-order valence-corrected chi connectivity index (χ4v) is 4.02. The normalized spacial score (nSPS) is 13.7. The van der Waals surface area contributed by atoms with Crippen molar-refractivity contribution in [2.75, 3.05) is 13.2 Å². The molecule has 1 fully saturated rings. The number of thiazole rings is 1. The molecule has 1 saturated heterocycles. The van der Waals surface area contributed by atoms with E-state index in [0.717, 1.165) is 21.7 Å². The fraction of sp³-hybridized carbons (Fsp3) is 0.105. The minimum Gasteiger partial charge on any atom is -0.337 e. The highest BCUT2D eigenvalue weighted by Crippen LogP contribution is 2.38. The molecule has 0 radical (unpaired) electrons. The second-order valence-electron chi connectivity index (χ2n) is 5.83. The first-order chi connectivity index (χ1) is 12.6. The molecule has 1 N–H and O–H groups in total. The number of amides is 2. The number of hydrogen-bond donors (Lipinski definition) is 1. The maximum atomic E-state index is 12.7. The van der Waals surface area contributed by atoms with Crippen LogP contribution in [0.2, 0.25) is 5.02 Å². The van der Waals surface area contributed by atoms with Crippen LogP contribution in [0.25, 0.3) is 21.7 Å². The Morgan fingerprint density at radius 3 is 2.58 bits per heavy atom. The lowest BCUT2D eigenvalue weighted by Gasteiger charge is -2.10. The van der Waals surface area contributed by atoms with Crippen molar-refractivity contribution < 1.29 is 9.59 Å². The van der Waals surface area contributed by atoms with Crippen LogP contribution in [-0.2, 0) is 4.79 Å². The van der Waals surface area contributed by atoms with Gasteiger partial charge in [0.2, 0.25) is 5.91 Å². The van der Waals surface area contributed by atoms with Gasteiger partial charge in [-0.1, -0.05) is 54.1 Å². The molecular weight excluding hydrogens is 370 g/mol. The Kier molecular flexibility index (Phi) is 4.44. The zero-order valence-corrected chi connectivity index (χ0v) is 15.2. The van der Waals surface area contributed by atoms with Crippen molar-refractivity contribution in [2.24, 2.45) is 0 Å². The number of benzene rings is 2. The molecule has 0 atom stereocenters. The van der Waals surface area contributed by atoms with Gasteiger partial charge in [0, 0.05) is 10.6 Å². The van der Waals surface area contributed by atoms with E-state index in [2.05, 4.69) is 10.3 Å². The molecule has 0 spiro atoms. The lowest BCUT2D eigenvalue weighted by Crippen LogP contribution is -2.29. The van der Waals surface area contributed by atoms with Crippen molar-refractivity contribution in [3.05, 3.63) is 64.6 Å². The molecule has 0 unspecified atom stereocenters. The molecule has 130 valence electrons. The Hall–Kier alpha value is -2.70. The van der Waals surface area contributed by atoms with E-state index >= 15 is 0 Å². The summed E-state index contributed by atoms with van der Waals surface area (Å²) >= 11 is 7.46. The van der Waals surface area contributed by atoms with Crippen molar-refractivity contribution in [2.45, 2.75) is 0 Å². The first-order valence-corrected chi connectivity index (χ1v) is 9.19. The van der Waals surface area contributed by atoms with Crippen LogP contribution in [0.15, 0.2) is 54.6 Å². The predicted octanol–water partition coefficient (Wildman–Crippen LogP) is 3.66. The van der Waals surface area contributed by atoms with Crippen LogP contribution in [0.3, 0.4) is 0 Å². The molecule has 4 rings (SSSR count). The summed E-state index contributed by atoms with van der Waals surface area (Å²) in [5, 5.41) is 3.62. The average Bonchev–Trinajstić information content (AvgIpc) is 3.29. The first kappa shape index (κ1) is 16.8. The van der Waals surface area contributed by atoms with Crippen molar-refractivity contribution >= 4 is 34.8 Å². The molecule has 1 aliphatic rings. The number of nitrogens with zero attached hydrogens (tertiary/aromatic N) is 2. The standard InChI is InChI=1S/C19H14ClN3O2S/c20-14-8-4-7-13(9-14)17-16(12-5-2-1-3-6-12)22-18(26-17)19(25)23-10-15(24)21-11-23/h1-9H,10-11H2,(H,21,24). The van der Waals surface area contributed by atoms with E-state index in [0.29, 0.717) is 10.0 Å². The molecule has 2 aromatic carbocycles. The third-order valence-electron chi connectivity index (χ3n) is 4.03. The van der Waals surface area contributed by atoms with E-state index in [-0.39, 0.29) is 25.0 Å². The molecule has 5 nitrogen and oxygen atoms in total. The van der Waals surface area contributed by atoms with Gasteiger partial charge in [-0.05, 0) is 17.7 Å². The Morgan fingerprint density at radius 2 is 1.88 bits per heavy atom. The summed E-state index contributed by atoms with van der Waals surface area (Å²) in [6.07, 6.45) is 0. The SMILES string of the molecule is O=C1CN(C(=O)c2nc(-c3ccccc3)c(-c3cccc(Cl)c3)s2)CN1. The molecule has 0 aliphatic carbocycles. The number of rotatable bonds is 3. The van der Waals surface area contributed by atoms with E-state index in [9.17, 15) is 9.59 Å². The Labute approximate surface area is 159 Å². The summed E-state index contributed by atoms with van der Waals surface area (Å²) in [6.45, 7) is 0.274. The van der Waals surface area contributed by atoms with E-state index in [4.69, 9.17) is 11.6 Å². The van der Waals surface area contributed by atoms with Crippen LogP contribution in [0.4, 0.5) is 0 Å². The highest BCUT2D eigenvalue weighted by Gasteiger charge is 2.28. The summed E-state index contributed by atoms with van der Waals surface area (Å²) in [5.74, 6) is -0.410. The first-order valence-electron chi connectivity index (χ1n) is 8.00. The van der Waals surface area contributed by atoms with Crippen molar-refractivity contribution in [3.63, 3.8) is 0 Å². The van der Waals surface area contributed by atoms with E-state index in [1.165, 1.54) is 16.2 Å². The lowest BCUT2D eigenvalue weighted by atomic mass is 10.1. The molecule has 2 amide bonds. The molecule has 0 saturated carbocycles. The van der Waals surface area contributed by atoms with Gasteiger partial charge in [0.05, 0.1) is 17.2 Å². The molecule has 1 aromatic heterocycles. The van der Waals surface area contributed by atoms with Gasteiger partial charge in [0.25, 0.3) is 5.91 Å². The Balaban J connectivity index is 1.80. The second-order valence-corrected chi connectivity index (χ2v) is 7.27. The van der Waals surface area contributed by atoms with Crippen LogP contribution >= 0.6 is 22.9 Å². The smallest absolute Gasteiger partial charge is 0.284 e. The Morgan fingerprint density at radius 1 is 1.12 bits per heavy atom. The number of halogens is 1. The second kappa shape index (κ2) is 6.90. The van der Waals surface area contributed by atoms with Gasteiger partial charge in [0.15, 0.2) is 5.01 Å². The van der Waals surface area contributed by atoms with Gasteiger partial charge >= 0.3 is 0 Å². The van der Waals surface area contributed by atoms with E-state index in [1.807, 2.05) is 54.6 Å². The van der Waals surface area contributed by atoms with Crippen LogP contribution in [0.5, 0.6) is 0 Å². The number of nitrogens with one attached hydrogen (secondary N) is 1. The van der Waals surface area contributed by atoms with Crippen LogP contribution in [0, 0.1) is 0 Å². The quantitative estimate of drug-likeness (QED) is 0.750. The largest absolute Gasteiger partial charge is 0.337 e. The van der Waals surface area contributed by atoms with E-state index < -0.39 is 0 Å². The number of aromatic nitrogens is 1. The maximum absolute atomic E-state index is 12.7. The van der Waals surface area contributed by atoms with Crippen molar-refractivity contribution in [1.82, 2.24) is 15.2 Å². The molecule has 1 aliphatic heterocycles. The number of carbonyl (C=O) groups is 2. The third kappa shape index (κ3) is 3.21. The molecule has 7 heteroatoms. The van der Waals surface area contributed by atoms with Gasteiger partial charge in [-0.2, -0.15) is 0 Å². The Bertz CT molecular complexity index is 987. The fourth-order valence-electron chi connectivity index (χ4n) is 2.78. The highest BCUT2D eigenvalue weighted by atomic mass is 35.5.